The lowest BCUT2D eigenvalue weighted by molar-refractivity contribution is -0.120. The molecule has 2 N–H and O–H groups in total. The van der Waals surface area contributed by atoms with E-state index in [4.69, 9.17) is 15.2 Å². The highest BCUT2D eigenvalue weighted by Crippen LogP contribution is 2.32. The predicted molar refractivity (Wildman–Crippen MR) is 88.8 cm³/mol. The molecule has 1 fully saturated rings. The largest absolute Gasteiger partial charge is 0.497 e. The number of carbonyl (C=O) groups is 1. The molecule has 2 unspecified atom stereocenters. The van der Waals surface area contributed by atoms with Gasteiger partial charge in [0.2, 0.25) is 0 Å². The molecule has 2 atom stereocenters. The van der Waals surface area contributed by atoms with Crippen molar-refractivity contribution in [3.8, 4) is 11.5 Å². The van der Waals surface area contributed by atoms with Crippen molar-refractivity contribution in [2.24, 2.45) is 0 Å². The summed E-state index contributed by atoms with van der Waals surface area (Å²) >= 11 is 0. The van der Waals surface area contributed by atoms with Gasteiger partial charge < -0.3 is 15.2 Å². The second-order valence-corrected chi connectivity index (χ2v) is 5.97. The number of anilines is 1. The van der Waals surface area contributed by atoms with Crippen LogP contribution in [-0.4, -0.2) is 48.5 Å². The number of fused-ring (bicyclic) bond motifs is 1. The lowest BCUT2D eigenvalue weighted by Gasteiger charge is -2.16. The molecule has 1 aromatic heterocycles. The van der Waals surface area contributed by atoms with Crippen LogP contribution in [0.3, 0.4) is 0 Å². The Morgan fingerprint density at radius 2 is 2.17 bits per heavy atom. The molecule has 1 aliphatic rings. The summed E-state index contributed by atoms with van der Waals surface area (Å²) in [4.78, 5) is 18.0. The van der Waals surface area contributed by atoms with Crippen molar-refractivity contribution < 1.29 is 14.3 Å². The molecule has 0 spiro atoms. The minimum absolute atomic E-state index is 0.0407. The molecule has 23 heavy (non-hydrogen) atoms. The van der Waals surface area contributed by atoms with Crippen LogP contribution in [0.4, 0.5) is 5.82 Å². The molecule has 0 aliphatic carbocycles. The van der Waals surface area contributed by atoms with E-state index in [0.717, 1.165) is 16.7 Å². The van der Waals surface area contributed by atoms with E-state index in [1.165, 1.54) is 0 Å². The monoisotopic (exact) mass is 315 g/mol. The summed E-state index contributed by atoms with van der Waals surface area (Å²) in [7, 11) is 3.56. The first-order chi connectivity index (χ1) is 11.0. The van der Waals surface area contributed by atoms with Gasteiger partial charge in [0, 0.05) is 30.5 Å². The lowest BCUT2D eigenvalue weighted by Crippen LogP contribution is -2.31. The summed E-state index contributed by atoms with van der Waals surface area (Å²) in [5, 5.41) is 0.883. The van der Waals surface area contributed by atoms with Gasteiger partial charge in [0.15, 0.2) is 0 Å². The van der Waals surface area contributed by atoms with Crippen LogP contribution in [0.25, 0.3) is 10.9 Å². The summed E-state index contributed by atoms with van der Waals surface area (Å²) in [5.74, 6) is 1.98. The third kappa shape index (κ3) is 3.07. The van der Waals surface area contributed by atoms with Crippen molar-refractivity contribution >= 4 is 22.5 Å². The fourth-order valence-corrected chi connectivity index (χ4v) is 3.11. The zero-order chi connectivity index (χ0) is 16.6. The van der Waals surface area contributed by atoms with E-state index < -0.39 is 0 Å². The number of benzene rings is 1. The van der Waals surface area contributed by atoms with E-state index in [2.05, 4.69) is 4.98 Å². The number of ether oxygens (including phenoxy) is 2. The normalized spacial score (nSPS) is 21.5. The van der Waals surface area contributed by atoms with Gasteiger partial charge in [-0.1, -0.05) is 0 Å². The van der Waals surface area contributed by atoms with E-state index in [9.17, 15) is 4.79 Å². The molecule has 2 aromatic rings. The topological polar surface area (TPSA) is 77.7 Å². The van der Waals surface area contributed by atoms with E-state index in [1.54, 1.807) is 20.1 Å². The second-order valence-electron chi connectivity index (χ2n) is 5.97. The minimum atomic E-state index is -0.0782. The maximum absolute atomic E-state index is 11.7. The summed E-state index contributed by atoms with van der Waals surface area (Å²) < 4.78 is 11.4. The van der Waals surface area contributed by atoms with Crippen LogP contribution >= 0.6 is 0 Å². The highest BCUT2D eigenvalue weighted by atomic mass is 16.5. The zero-order valence-electron chi connectivity index (χ0n) is 13.6. The maximum Gasteiger partial charge on any atom is 0.147 e. The molecular weight excluding hydrogens is 294 g/mol. The molecule has 1 aromatic carbocycles. The first-order valence-electron chi connectivity index (χ1n) is 7.59. The number of pyridine rings is 1. The zero-order valence-corrected chi connectivity index (χ0v) is 13.6. The van der Waals surface area contributed by atoms with Gasteiger partial charge in [-0.3, -0.25) is 9.69 Å². The average Bonchev–Trinajstić information content (AvgIpc) is 2.87. The number of methoxy groups -OCH3 is 1. The first-order valence-corrected chi connectivity index (χ1v) is 7.59. The molecule has 0 bridgehead atoms. The third-order valence-electron chi connectivity index (χ3n) is 4.27. The highest BCUT2D eigenvalue weighted by Gasteiger charge is 2.33. The molecule has 6 nitrogen and oxygen atoms in total. The van der Waals surface area contributed by atoms with Gasteiger partial charge in [0.1, 0.15) is 29.2 Å². The number of likely N-dealkylation sites (N-methyl/N-ethyl adjacent to an activating group) is 1. The van der Waals surface area contributed by atoms with E-state index in [-0.39, 0.29) is 17.9 Å². The third-order valence-corrected chi connectivity index (χ3v) is 4.27. The molecule has 6 heteroatoms. The van der Waals surface area contributed by atoms with Crippen LogP contribution in [0.2, 0.25) is 0 Å². The van der Waals surface area contributed by atoms with E-state index in [1.807, 2.05) is 30.1 Å². The number of nitrogens with zero attached hydrogens (tertiary/aromatic N) is 2. The smallest absolute Gasteiger partial charge is 0.147 e. The number of nitrogen functional groups attached to an aromatic ring is 1. The molecule has 3 rings (SSSR count). The van der Waals surface area contributed by atoms with Crippen LogP contribution in [0, 0.1) is 0 Å². The number of hydrogen-bond acceptors (Lipinski definition) is 6. The average molecular weight is 315 g/mol. The van der Waals surface area contributed by atoms with Crippen molar-refractivity contribution in [3.05, 3.63) is 24.3 Å². The fraction of sp³-hybridized carbons (Fsp3) is 0.412. The van der Waals surface area contributed by atoms with Gasteiger partial charge in [-0.15, -0.1) is 0 Å². The molecule has 0 amide bonds. The van der Waals surface area contributed by atoms with Crippen molar-refractivity contribution in [2.45, 2.75) is 25.5 Å². The molecule has 1 aliphatic heterocycles. The maximum atomic E-state index is 11.7. The van der Waals surface area contributed by atoms with Crippen LogP contribution in [0.15, 0.2) is 24.3 Å². The van der Waals surface area contributed by atoms with E-state index in [0.29, 0.717) is 24.5 Å². The molecule has 0 radical (unpaired) electrons. The Morgan fingerprint density at radius 1 is 1.39 bits per heavy atom. The standard InChI is InChI=1S/C17H21N3O3/c1-10(21)15-7-12(9-20(15)2)23-16-8-17(18)19-14-6-11(22-3)4-5-13(14)16/h4-6,8,12,15H,7,9H2,1-3H3,(H2,18,19). The van der Waals surface area contributed by atoms with Gasteiger partial charge in [0.25, 0.3) is 0 Å². The molecule has 1 saturated heterocycles. The molecule has 0 saturated carbocycles. The van der Waals surface area contributed by atoms with Gasteiger partial charge in [-0.2, -0.15) is 0 Å². The number of aromatic nitrogens is 1. The van der Waals surface area contributed by atoms with Crippen LogP contribution in [-0.2, 0) is 4.79 Å². The van der Waals surface area contributed by atoms with Gasteiger partial charge in [-0.05, 0) is 26.1 Å². The molecule has 122 valence electrons. The first kappa shape index (κ1) is 15.6. The Kier molecular flexibility index (Phi) is 4.09. The Hall–Kier alpha value is -2.34. The van der Waals surface area contributed by atoms with E-state index >= 15 is 0 Å². The number of nitrogens with two attached hydrogens (primary N) is 1. The van der Waals surface area contributed by atoms with Gasteiger partial charge >= 0.3 is 0 Å². The Balaban J connectivity index is 1.90. The molecule has 2 heterocycles. The number of likely N-dealkylation sites (tertiary alicyclic amines) is 1. The summed E-state index contributed by atoms with van der Waals surface area (Å²) in [6.45, 7) is 2.33. The van der Waals surface area contributed by atoms with Crippen molar-refractivity contribution in [3.63, 3.8) is 0 Å². The van der Waals surface area contributed by atoms with Gasteiger partial charge in [0.05, 0.1) is 18.7 Å². The lowest BCUT2D eigenvalue weighted by atomic mass is 10.1. The Bertz CT molecular complexity index is 747. The summed E-state index contributed by atoms with van der Waals surface area (Å²) in [6, 6.07) is 7.27. The molecular formula is C17H21N3O3. The number of carbonyl (C=O) groups excluding carboxylic acids is 1. The second kappa shape index (κ2) is 6.04. The number of rotatable bonds is 4. The van der Waals surface area contributed by atoms with Crippen LogP contribution < -0.4 is 15.2 Å². The van der Waals surface area contributed by atoms with Crippen molar-refractivity contribution in [1.29, 1.82) is 0 Å². The Morgan fingerprint density at radius 3 is 2.83 bits per heavy atom. The van der Waals surface area contributed by atoms with Crippen LogP contribution in [0.1, 0.15) is 13.3 Å². The van der Waals surface area contributed by atoms with Crippen molar-refractivity contribution in [2.75, 3.05) is 26.4 Å². The summed E-state index contributed by atoms with van der Waals surface area (Å²) in [6.07, 6.45) is 0.645. The van der Waals surface area contributed by atoms with Crippen LogP contribution in [0.5, 0.6) is 11.5 Å². The minimum Gasteiger partial charge on any atom is -0.497 e. The Labute approximate surface area is 135 Å². The number of Topliss-reactive ketones (excluding diaryl/α,β-unsaturated/α-hetero) is 1. The number of hydrogen-bond donors (Lipinski definition) is 1. The predicted octanol–water partition coefficient (Wildman–Crippen LogP) is 1.87. The quantitative estimate of drug-likeness (QED) is 0.928. The van der Waals surface area contributed by atoms with Gasteiger partial charge in [-0.25, -0.2) is 4.98 Å². The number of ketones is 1. The SMILES string of the molecule is COc1ccc2c(OC3CC(C(C)=O)N(C)C3)cc(N)nc2c1. The summed E-state index contributed by atoms with van der Waals surface area (Å²) in [5.41, 5.74) is 6.63. The van der Waals surface area contributed by atoms with Crippen molar-refractivity contribution in [1.82, 2.24) is 9.88 Å². The fourth-order valence-electron chi connectivity index (χ4n) is 3.11. The highest BCUT2D eigenvalue weighted by molar-refractivity contribution is 5.88.